The third kappa shape index (κ3) is 16.3. The number of nitrogens with two attached hydrogens (primary N) is 1. The van der Waals surface area contributed by atoms with E-state index in [-0.39, 0.29) is 6.42 Å². The maximum Gasteiger partial charge on any atom is 0.308 e. The zero-order valence-corrected chi connectivity index (χ0v) is 8.43. The second-order valence-corrected chi connectivity index (χ2v) is 2.67. The van der Waals surface area contributed by atoms with Crippen LogP contribution in [0.2, 0.25) is 0 Å². The molecule has 0 aliphatic heterocycles. The first-order valence-electron chi connectivity index (χ1n) is 3.99. The van der Waals surface area contributed by atoms with Crippen molar-refractivity contribution in [3.8, 4) is 0 Å². The largest absolute Gasteiger partial charge is 0.481 e. The van der Waals surface area contributed by atoms with Crippen molar-refractivity contribution in [1.29, 1.82) is 0 Å². The van der Waals surface area contributed by atoms with Crippen LogP contribution in [0.4, 0.5) is 0 Å². The average Bonchev–Trinajstić information content (AvgIpc) is 2.04. The van der Waals surface area contributed by atoms with Crippen LogP contribution in [0.1, 0.15) is 33.1 Å². The highest BCUT2D eigenvalue weighted by Gasteiger charge is 1.88. The van der Waals surface area contributed by atoms with Crippen molar-refractivity contribution >= 4 is 23.6 Å². The maximum atomic E-state index is 9.50. The molecule has 0 rings (SSSR count). The maximum absolute atomic E-state index is 9.50. The quantitative estimate of drug-likeness (QED) is 0.662. The van der Waals surface area contributed by atoms with Crippen molar-refractivity contribution in [3.63, 3.8) is 0 Å². The minimum Gasteiger partial charge on any atom is -0.481 e. The summed E-state index contributed by atoms with van der Waals surface area (Å²) < 4.78 is 0. The Labute approximate surface area is 79.0 Å². The molecule has 0 aliphatic carbocycles. The fourth-order valence-electron chi connectivity index (χ4n) is 0.360. The molecule has 0 unspecified atom stereocenters. The van der Waals surface area contributed by atoms with Gasteiger partial charge in [0.05, 0.1) is 6.42 Å². The summed E-state index contributed by atoms with van der Waals surface area (Å²) in [5.74, 6) is -0.870. The van der Waals surface area contributed by atoms with E-state index in [4.69, 9.17) is 10.8 Å². The highest BCUT2D eigenvalue weighted by atomic mass is 32.1. The number of carbonyl (C=O) groups is 1. The van der Waals surface area contributed by atoms with Crippen LogP contribution >= 0.6 is 12.2 Å². The Kier molecular flexibility index (Phi) is 12.3. The third-order valence-corrected chi connectivity index (χ3v) is 1.47. The normalized spacial score (nSPS) is 8.67. The summed E-state index contributed by atoms with van der Waals surface area (Å²) in [5.41, 5.74) is 5.47. The molecule has 0 heterocycles. The molecular formula is C8H17NO2S. The summed E-state index contributed by atoms with van der Waals surface area (Å²) in [7, 11) is 0. The standard InChI is InChI=1S/C5H13N.C3H4O2S/c1-3-5(6)4-2;4-3(5)1-2-6/h5H,3-4,6H2,1-2H3;2H,1H2,(H,4,5). The summed E-state index contributed by atoms with van der Waals surface area (Å²) in [6, 6.07) is 0.435. The number of thiocarbonyl (C=S) groups is 1. The van der Waals surface area contributed by atoms with E-state index in [0.717, 1.165) is 12.8 Å². The molecule has 12 heavy (non-hydrogen) atoms. The Hall–Kier alpha value is -0.480. The lowest BCUT2D eigenvalue weighted by molar-refractivity contribution is -0.135. The molecule has 72 valence electrons. The molecule has 0 bridgehead atoms. The number of hydrogen-bond acceptors (Lipinski definition) is 3. The molecule has 0 radical (unpaired) electrons. The summed E-state index contributed by atoms with van der Waals surface area (Å²) in [6.45, 7) is 4.21. The lowest BCUT2D eigenvalue weighted by Gasteiger charge is -1.99. The van der Waals surface area contributed by atoms with Gasteiger partial charge in [-0.15, -0.1) is 0 Å². The molecule has 0 aromatic rings. The minimum absolute atomic E-state index is 0.0185. The van der Waals surface area contributed by atoms with Gasteiger partial charge < -0.3 is 10.8 Å². The summed E-state index contributed by atoms with van der Waals surface area (Å²) in [4.78, 5) is 9.50. The van der Waals surface area contributed by atoms with Gasteiger partial charge in [0.25, 0.3) is 0 Å². The Morgan fingerprint density at radius 1 is 1.58 bits per heavy atom. The number of rotatable bonds is 4. The monoisotopic (exact) mass is 191 g/mol. The first kappa shape index (κ1) is 14.1. The van der Waals surface area contributed by atoms with Gasteiger partial charge in [-0.05, 0) is 18.2 Å². The van der Waals surface area contributed by atoms with Gasteiger partial charge in [-0.25, -0.2) is 0 Å². The molecule has 0 aromatic carbocycles. The first-order valence-corrected chi connectivity index (χ1v) is 4.46. The smallest absolute Gasteiger partial charge is 0.308 e. The Bertz CT molecular complexity index is 124. The van der Waals surface area contributed by atoms with Gasteiger partial charge in [-0.3, -0.25) is 4.79 Å². The molecule has 4 heteroatoms. The molecule has 0 spiro atoms. The fraction of sp³-hybridized carbons (Fsp3) is 0.750. The van der Waals surface area contributed by atoms with Gasteiger partial charge in [0.15, 0.2) is 0 Å². The second kappa shape index (κ2) is 10.5. The van der Waals surface area contributed by atoms with Gasteiger partial charge >= 0.3 is 5.97 Å². The van der Waals surface area contributed by atoms with E-state index in [1.807, 2.05) is 0 Å². The number of carboxylic acids is 1. The molecule has 0 aromatic heterocycles. The molecule has 3 nitrogen and oxygen atoms in total. The topological polar surface area (TPSA) is 63.3 Å². The zero-order valence-electron chi connectivity index (χ0n) is 7.62. The molecule has 0 saturated carbocycles. The van der Waals surface area contributed by atoms with Crippen LogP contribution in [0.5, 0.6) is 0 Å². The number of carboxylic acid groups (broad SMARTS) is 1. The second-order valence-electron chi connectivity index (χ2n) is 2.34. The molecule has 0 amide bonds. The van der Waals surface area contributed by atoms with Crippen LogP contribution in [0, 0.1) is 0 Å². The van der Waals surface area contributed by atoms with Crippen molar-refractivity contribution in [2.75, 3.05) is 0 Å². The van der Waals surface area contributed by atoms with Crippen LogP contribution in [0.15, 0.2) is 0 Å². The Morgan fingerprint density at radius 3 is 2.00 bits per heavy atom. The zero-order chi connectivity index (χ0) is 9.98. The predicted octanol–water partition coefficient (Wildman–Crippen LogP) is 1.59. The van der Waals surface area contributed by atoms with Gasteiger partial charge in [-0.1, -0.05) is 26.1 Å². The van der Waals surface area contributed by atoms with Gasteiger partial charge in [0.1, 0.15) is 0 Å². The SMILES string of the molecule is CCC(N)CC.O=C(O)CC=S. The first-order chi connectivity index (χ1) is 5.58. The van der Waals surface area contributed by atoms with E-state index in [1.54, 1.807) is 0 Å². The Balaban J connectivity index is 0. The summed E-state index contributed by atoms with van der Waals surface area (Å²) >= 11 is 4.22. The van der Waals surface area contributed by atoms with E-state index in [0.29, 0.717) is 6.04 Å². The minimum atomic E-state index is -0.870. The van der Waals surface area contributed by atoms with Crippen LogP contribution in [-0.2, 0) is 4.79 Å². The molecular weight excluding hydrogens is 174 g/mol. The van der Waals surface area contributed by atoms with E-state index in [9.17, 15) is 4.79 Å². The average molecular weight is 191 g/mol. The van der Waals surface area contributed by atoms with Crippen LogP contribution in [-0.4, -0.2) is 22.5 Å². The fourth-order valence-corrected chi connectivity index (χ4v) is 0.503. The summed E-state index contributed by atoms with van der Waals surface area (Å²) in [5, 5.41) is 9.00. The molecule has 0 saturated heterocycles. The molecule has 0 fully saturated rings. The van der Waals surface area contributed by atoms with Crippen molar-refractivity contribution in [3.05, 3.63) is 0 Å². The van der Waals surface area contributed by atoms with Gasteiger partial charge in [0.2, 0.25) is 0 Å². The number of aliphatic carboxylic acids is 1. The molecule has 0 aliphatic rings. The highest BCUT2D eigenvalue weighted by molar-refractivity contribution is 7.79. The lowest BCUT2D eigenvalue weighted by atomic mass is 10.2. The van der Waals surface area contributed by atoms with Crippen LogP contribution in [0.25, 0.3) is 0 Å². The van der Waals surface area contributed by atoms with Crippen molar-refractivity contribution in [1.82, 2.24) is 0 Å². The Morgan fingerprint density at radius 2 is 2.00 bits per heavy atom. The highest BCUT2D eigenvalue weighted by Crippen LogP contribution is 1.88. The van der Waals surface area contributed by atoms with E-state index >= 15 is 0 Å². The summed E-state index contributed by atoms with van der Waals surface area (Å²) in [6.07, 6.45) is 2.20. The van der Waals surface area contributed by atoms with Gasteiger partial charge in [-0.2, -0.15) is 0 Å². The van der Waals surface area contributed by atoms with Crippen LogP contribution in [0.3, 0.4) is 0 Å². The van der Waals surface area contributed by atoms with Crippen molar-refractivity contribution in [2.45, 2.75) is 39.2 Å². The van der Waals surface area contributed by atoms with E-state index < -0.39 is 5.97 Å². The van der Waals surface area contributed by atoms with Crippen molar-refractivity contribution < 1.29 is 9.90 Å². The molecule has 0 atom stereocenters. The van der Waals surface area contributed by atoms with E-state index in [2.05, 4.69) is 26.1 Å². The third-order valence-electron chi connectivity index (χ3n) is 1.31. The predicted molar refractivity (Wildman–Crippen MR) is 54.5 cm³/mol. The molecule has 3 N–H and O–H groups in total. The van der Waals surface area contributed by atoms with Gasteiger partial charge in [0, 0.05) is 6.04 Å². The van der Waals surface area contributed by atoms with E-state index in [1.165, 1.54) is 5.37 Å². The van der Waals surface area contributed by atoms with Crippen molar-refractivity contribution in [2.24, 2.45) is 5.73 Å². The lowest BCUT2D eigenvalue weighted by Crippen LogP contribution is -2.16. The van der Waals surface area contributed by atoms with Crippen LogP contribution < -0.4 is 5.73 Å². The number of hydrogen-bond donors (Lipinski definition) is 2.